The van der Waals surface area contributed by atoms with Crippen molar-refractivity contribution in [2.24, 2.45) is 0 Å². The van der Waals surface area contributed by atoms with E-state index in [2.05, 4.69) is 4.98 Å². The zero-order valence-electron chi connectivity index (χ0n) is 13.7. The van der Waals surface area contributed by atoms with E-state index >= 15 is 0 Å². The predicted octanol–water partition coefficient (Wildman–Crippen LogP) is 3.64. The number of hydrogen-bond acceptors (Lipinski definition) is 4. The van der Waals surface area contributed by atoms with Gasteiger partial charge in [0.2, 0.25) is 0 Å². The lowest BCUT2D eigenvalue weighted by Crippen LogP contribution is -2.46. The van der Waals surface area contributed by atoms with Gasteiger partial charge in [0, 0.05) is 25.2 Å². The predicted molar refractivity (Wildman–Crippen MR) is 84.9 cm³/mol. The highest BCUT2D eigenvalue weighted by Crippen LogP contribution is 2.22. The Morgan fingerprint density at radius 3 is 2.91 bits per heavy atom. The first-order valence-electron chi connectivity index (χ1n) is 7.98. The van der Waals surface area contributed by atoms with Crippen LogP contribution in [0.2, 0.25) is 0 Å². The van der Waals surface area contributed by atoms with Gasteiger partial charge in [0.15, 0.2) is 0 Å². The van der Waals surface area contributed by atoms with Gasteiger partial charge in [0.05, 0.1) is 12.8 Å². The molecule has 0 saturated carbocycles. The van der Waals surface area contributed by atoms with Gasteiger partial charge in [-0.05, 0) is 52.2 Å². The molecule has 1 aliphatic rings. The van der Waals surface area contributed by atoms with Crippen LogP contribution < -0.4 is 4.74 Å². The highest BCUT2D eigenvalue weighted by Gasteiger charge is 2.30. The first-order valence-corrected chi connectivity index (χ1v) is 7.98. The number of carbonyl (C=O) groups is 1. The van der Waals surface area contributed by atoms with Crippen molar-refractivity contribution in [3.8, 4) is 5.75 Å². The minimum Gasteiger partial charge on any atom is -0.492 e. The summed E-state index contributed by atoms with van der Waals surface area (Å²) in [5.74, 6) is 0.766. The maximum Gasteiger partial charge on any atom is 0.410 e. The summed E-state index contributed by atoms with van der Waals surface area (Å²) in [5, 5.41) is 0. The Morgan fingerprint density at radius 2 is 2.23 bits per heavy atom. The van der Waals surface area contributed by atoms with E-state index in [1.807, 2.05) is 37.8 Å². The summed E-state index contributed by atoms with van der Waals surface area (Å²) in [6, 6.07) is 3.93. The summed E-state index contributed by atoms with van der Waals surface area (Å²) in [4.78, 5) is 18.2. The summed E-state index contributed by atoms with van der Waals surface area (Å²) in [5.41, 5.74) is -0.453. The molecule has 122 valence electrons. The zero-order valence-corrected chi connectivity index (χ0v) is 13.7. The van der Waals surface area contributed by atoms with Crippen molar-refractivity contribution in [2.45, 2.75) is 58.1 Å². The molecule has 5 heteroatoms. The first-order chi connectivity index (χ1) is 10.5. The molecule has 22 heavy (non-hydrogen) atoms. The monoisotopic (exact) mass is 306 g/mol. The fraction of sp³-hybridized carbons (Fsp3) is 0.647. The molecule has 0 aromatic carbocycles. The van der Waals surface area contributed by atoms with E-state index in [4.69, 9.17) is 9.47 Å². The lowest BCUT2D eigenvalue weighted by molar-refractivity contribution is 0.00743. The summed E-state index contributed by atoms with van der Waals surface area (Å²) >= 11 is 0. The number of ether oxygens (including phenoxy) is 2. The SMILES string of the molecule is CC(C)(C)OC(=O)N1CCCCC1CCOc1cccnc1. The smallest absolute Gasteiger partial charge is 0.410 e. The van der Waals surface area contributed by atoms with Gasteiger partial charge in [-0.25, -0.2) is 4.79 Å². The maximum absolute atomic E-state index is 12.3. The normalized spacial score (nSPS) is 18.9. The lowest BCUT2D eigenvalue weighted by Gasteiger charge is -2.36. The van der Waals surface area contributed by atoms with Gasteiger partial charge in [-0.1, -0.05) is 0 Å². The minimum absolute atomic E-state index is 0.195. The highest BCUT2D eigenvalue weighted by molar-refractivity contribution is 5.68. The van der Waals surface area contributed by atoms with E-state index < -0.39 is 5.60 Å². The number of likely N-dealkylation sites (tertiary alicyclic amines) is 1. The molecule has 1 atom stereocenters. The van der Waals surface area contributed by atoms with E-state index in [-0.39, 0.29) is 12.1 Å². The average Bonchev–Trinajstić information content (AvgIpc) is 2.47. The average molecular weight is 306 g/mol. The Kier molecular flexibility index (Phi) is 5.63. The molecule has 1 amide bonds. The van der Waals surface area contributed by atoms with Crippen LogP contribution in [-0.2, 0) is 4.74 Å². The number of nitrogens with zero attached hydrogens (tertiary/aromatic N) is 2. The van der Waals surface area contributed by atoms with Crippen molar-refractivity contribution >= 4 is 6.09 Å². The number of hydrogen-bond donors (Lipinski definition) is 0. The van der Waals surface area contributed by atoms with Crippen molar-refractivity contribution in [1.29, 1.82) is 0 Å². The molecule has 1 fully saturated rings. The lowest BCUT2D eigenvalue weighted by atomic mass is 10.0. The van der Waals surface area contributed by atoms with E-state index in [1.54, 1.807) is 12.4 Å². The summed E-state index contributed by atoms with van der Waals surface area (Å²) < 4.78 is 11.2. The van der Waals surface area contributed by atoms with Crippen LogP contribution >= 0.6 is 0 Å². The molecule has 0 spiro atoms. The van der Waals surface area contributed by atoms with Gasteiger partial charge in [-0.3, -0.25) is 4.98 Å². The number of amides is 1. The van der Waals surface area contributed by atoms with Crippen LogP contribution in [0.1, 0.15) is 46.5 Å². The summed E-state index contributed by atoms with van der Waals surface area (Å²) in [6.45, 7) is 7.04. The van der Waals surface area contributed by atoms with Gasteiger partial charge in [0.25, 0.3) is 0 Å². The number of carbonyl (C=O) groups excluding carboxylic acids is 1. The van der Waals surface area contributed by atoms with Gasteiger partial charge in [0.1, 0.15) is 11.4 Å². The topological polar surface area (TPSA) is 51.7 Å². The third-order valence-corrected chi connectivity index (χ3v) is 3.61. The molecule has 0 radical (unpaired) electrons. The number of pyridine rings is 1. The molecule has 1 saturated heterocycles. The largest absolute Gasteiger partial charge is 0.492 e. The van der Waals surface area contributed by atoms with Crippen molar-refractivity contribution in [3.63, 3.8) is 0 Å². The fourth-order valence-electron chi connectivity index (χ4n) is 2.61. The maximum atomic E-state index is 12.3. The Morgan fingerprint density at radius 1 is 1.41 bits per heavy atom. The summed E-state index contributed by atoms with van der Waals surface area (Å²) in [7, 11) is 0. The molecule has 1 aromatic heterocycles. The third-order valence-electron chi connectivity index (χ3n) is 3.61. The fourth-order valence-corrected chi connectivity index (χ4v) is 2.61. The van der Waals surface area contributed by atoms with Crippen LogP contribution in [0.4, 0.5) is 4.79 Å². The molecule has 1 aromatic rings. The van der Waals surface area contributed by atoms with Crippen LogP contribution in [0.25, 0.3) is 0 Å². The first kappa shape index (κ1) is 16.6. The van der Waals surface area contributed by atoms with Crippen molar-refractivity contribution in [3.05, 3.63) is 24.5 Å². The quantitative estimate of drug-likeness (QED) is 0.852. The molecule has 1 unspecified atom stereocenters. The van der Waals surface area contributed by atoms with E-state index in [9.17, 15) is 4.79 Å². The minimum atomic E-state index is -0.453. The van der Waals surface area contributed by atoms with Gasteiger partial charge in [-0.15, -0.1) is 0 Å². The van der Waals surface area contributed by atoms with Crippen LogP contribution in [0, 0.1) is 0 Å². The third kappa shape index (κ3) is 5.20. The second kappa shape index (κ2) is 7.47. The van der Waals surface area contributed by atoms with Crippen LogP contribution in [0.15, 0.2) is 24.5 Å². The molecular formula is C17H26N2O3. The molecule has 1 aliphatic heterocycles. The van der Waals surface area contributed by atoms with Crippen molar-refractivity contribution in [2.75, 3.05) is 13.2 Å². The Bertz CT molecular complexity index is 471. The summed E-state index contributed by atoms with van der Waals surface area (Å²) in [6.07, 6.45) is 7.23. The van der Waals surface area contributed by atoms with Crippen molar-refractivity contribution < 1.29 is 14.3 Å². The molecule has 0 aliphatic carbocycles. The molecule has 0 N–H and O–H groups in total. The van der Waals surface area contributed by atoms with E-state index in [0.717, 1.165) is 38.0 Å². The Labute approximate surface area is 132 Å². The number of piperidine rings is 1. The molecule has 5 nitrogen and oxygen atoms in total. The number of rotatable bonds is 4. The molecule has 2 rings (SSSR count). The van der Waals surface area contributed by atoms with Crippen LogP contribution in [-0.4, -0.2) is 40.8 Å². The Balaban J connectivity index is 1.85. The van der Waals surface area contributed by atoms with Gasteiger partial charge < -0.3 is 14.4 Å². The van der Waals surface area contributed by atoms with E-state index in [0.29, 0.717) is 6.61 Å². The standard InChI is InChI=1S/C17H26N2O3/c1-17(2,3)22-16(20)19-11-5-4-7-14(19)9-12-21-15-8-6-10-18-13-15/h6,8,10,13-14H,4-5,7,9,11-12H2,1-3H3. The second-order valence-electron chi connectivity index (χ2n) is 6.65. The van der Waals surface area contributed by atoms with Gasteiger partial charge >= 0.3 is 6.09 Å². The highest BCUT2D eigenvalue weighted by atomic mass is 16.6. The molecular weight excluding hydrogens is 280 g/mol. The van der Waals surface area contributed by atoms with Gasteiger partial charge in [-0.2, -0.15) is 0 Å². The zero-order chi connectivity index (χ0) is 16.0. The van der Waals surface area contributed by atoms with Crippen molar-refractivity contribution in [1.82, 2.24) is 9.88 Å². The second-order valence-corrected chi connectivity index (χ2v) is 6.65. The Hall–Kier alpha value is -1.78. The molecule has 2 heterocycles. The van der Waals surface area contributed by atoms with Crippen LogP contribution in [0.5, 0.6) is 5.75 Å². The number of aromatic nitrogens is 1. The molecule has 0 bridgehead atoms. The van der Waals surface area contributed by atoms with Crippen LogP contribution in [0.3, 0.4) is 0 Å². The van der Waals surface area contributed by atoms with E-state index in [1.165, 1.54) is 0 Å².